The lowest BCUT2D eigenvalue weighted by molar-refractivity contribution is 1.29. The van der Waals surface area contributed by atoms with E-state index in [2.05, 4.69) is 130 Å². The standard InChI is InChI=1S/C28H18BrN/c29-23-15-19-11-13-21-17-26(18-22-14-12-20(16-23)27(19)28(21)22)30(24-7-3-1-4-8-24)25-9-5-2-6-10-25/h1-18H. The van der Waals surface area contributed by atoms with Crippen LogP contribution in [0.2, 0.25) is 0 Å². The molecule has 0 unspecified atom stereocenters. The summed E-state index contributed by atoms with van der Waals surface area (Å²) in [5, 5.41) is 7.74. The van der Waals surface area contributed by atoms with Gasteiger partial charge in [0.05, 0.1) is 0 Å². The van der Waals surface area contributed by atoms with Crippen LogP contribution >= 0.6 is 15.9 Å². The fraction of sp³-hybridized carbons (Fsp3) is 0. The highest BCUT2D eigenvalue weighted by atomic mass is 79.9. The highest BCUT2D eigenvalue weighted by Gasteiger charge is 2.15. The van der Waals surface area contributed by atoms with Gasteiger partial charge in [0, 0.05) is 21.5 Å². The van der Waals surface area contributed by atoms with Crippen molar-refractivity contribution in [2.75, 3.05) is 4.90 Å². The van der Waals surface area contributed by atoms with Gasteiger partial charge in [-0.25, -0.2) is 0 Å². The molecule has 0 aromatic heterocycles. The van der Waals surface area contributed by atoms with Gasteiger partial charge in [-0.3, -0.25) is 0 Å². The summed E-state index contributed by atoms with van der Waals surface area (Å²) in [6.45, 7) is 0. The van der Waals surface area contributed by atoms with Crippen LogP contribution in [-0.2, 0) is 0 Å². The van der Waals surface area contributed by atoms with Gasteiger partial charge in [0.2, 0.25) is 0 Å². The van der Waals surface area contributed by atoms with Gasteiger partial charge in [0.15, 0.2) is 0 Å². The molecule has 0 radical (unpaired) electrons. The second kappa shape index (κ2) is 6.86. The van der Waals surface area contributed by atoms with E-state index in [0.717, 1.165) is 15.8 Å². The van der Waals surface area contributed by atoms with Crippen LogP contribution < -0.4 is 4.90 Å². The summed E-state index contributed by atoms with van der Waals surface area (Å²) in [6, 6.07) is 39.1. The molecule has 0 amide bonds. The molecule has 0 N–H and O–H groups in total. The highest BCUT2D eigenvalue weighted by molar-refractivity contribution is 9.10. The Morgan fingerprint density at radius 1 is 0.433 bits per heavy atom. The second-order valence-electron chi connectivity index (χ2n) is 7.63. The minimum atomic E-state index is 1.12. The van der Waals surface area contributed by atoms with Crippen molar-refractivity contribution in [3.8, 4) is 0 Å². The lowest BCUT2D eigenvalue weighted by atomic mass is 9.93. The fourth-order valence-corrected chi connectivity index (χ4v) is 5.01. The zero-order valence-electron chi connectivity index (χ0n) is 16.2. The minimum absolute atomic E-state index is 1.12. The van der Waals surface area contributed by atoms with E-state index in [4.69, 9.17) is 0 Å². The Hall–Kier alpha value is -3.36. The predicted molar refractivity (Wildman–Crippen MR) is 133 cm³/mol. The van der Waals surface area contributed by atoms with E-state index in [1.54, 1.807) is 0 Å². The average Bonchev–Trinajstić information content (AvgIpc) is 2.79. The van der Waals surface area contributed by atoms with Crippen molar-refractivity contribution in [1.29, 1.82) is 0 Å². The summed E-state index contributed by atoms with van der Waals surface area (Å²) in [5.74, 6) is 0. The van der Waals surface area contributed by atoms with Crippen molar-refractivity contribution in [3.05, 3.63) is 114 Å². The van der Waals surface area contributed by atoms with Crippen molar-refractivity contribution in [2.24, 2.45) is 0 Å². The molecule has 0 saturated heterocycles. The molecule has 0 spiro atoms. The van der Waals surface area contributed by atoms with Crippen LogP contribution in [0.1, 0.15) is 0 Å². The molecule has 0 bridgehead atoms. The average molecular weight is 448 g/mol. The summed E-state index contributed by atoms with van der Waals surface area (Å²) >= 11 is 3.65. The van der Waals surface area contributed by atoms with Crippen molar-refractivity contribution in [2.45, 2.75) is 0 Å². The first-order chi connectivity index (χ1) is 14.8. The first kappa shape index (κ1) is 17.5. The van der Waals surface area contributed by atoms with Crippen molar-refractivity contribution < 1.29 is 0 Å². The Balaban J connectivity index is 1.65. The Morgan fingerprint density at radius 3 is 1.27 bits per heavy atom. The largest absolute Gasteiger partial charge is 0.310 e. The summed E-state index contributed by atoms with van der Waals surface area (Å²) in [4.78, 5) is 2.32. The molecule has 0 aliphatic carbocycles. The highest BCUT2D eigenvalue weighted by Crippen LogP contribution is 2.41. The van der Waals surface area contributed by atoms with Crippen LogP contribution in [0.4, 0.5) is 17.1 Å². The van der Waals surface area contributed by atoms with Crippen LogP contribution in [0, 0.1) is 0 Å². The third-order valence-corrected chi connectivity index (χ3v) is 6.23. The molecule has 142 valence electrons. The van der Waals surface area contributed by atoms with Gasteiger partial charge in [0.25, 0.3) is 0 Å². The van der Waals surface area contributed by atoms with Gasteiger partial charge in [-0.05, 0) is 80.8 Å². The number of nitrogens with zero attached hydrogens (tertiary/aromatic N) is 1. The van der Waals surface area contributed by atoms with Crippen LogP contribution in [0.25, 0.3) is 32.3 Å². The van der Waals surface area contributed by atoms with Crippen LogP contribution in [0.3, 0.4) is 0 Å². The Bertz CT molecular complexity index is 1380. The van der Waals surface area contributed by atoms with E-state index >= 15 is 0 Å². The molecule has 0 fully saturated rings. The third-order valence-electron chi connectivity index (χ3n) is 5.77. The lowest BCUT2D eigenvalue weighted by Crippen LogP contribution is -2.09. The smallest absolute Gasteiger partial charge is 0.0473 e. The van der Waals surface area contributed by atoms with Crippen LogP contribution in [0.5, 0.6) is 0 Å². The second-order valence-corrected chi connectivity index (χ2v) is 8.55. The number of para-hydroxylation sites is 2. The summed E-state index contributed by atoms with van der Waals surface area (Å²) in [5.41, 5.74) is 3.47. The number of rotatable bonds is 3. The van der Waals surface area contributed by atoms with Gasteiger partial charge in [-0.2, -0.15) is 0 Å². The molecular formula is C28H18BrN. The summed E-state index contributed by atoms with van der Waals surface area (Å²) in [6.07, 6.45) is 0. The van der Waals surface area contributed by atoms with Crippen molar-refractivity contribution in [1.82, 2.24) is 0 Å². The topological polar surface area (TPSA) is 3.24 Å². The molecule has 2 heteroatoms. The number of anilines is 3. The zero-order valence-corrected chi connectivity index (χ0v) is 17.8. The Kier molecular flexibility index (Phi) is 4.00. The molecule has 6 rings (SSSR count). The maximum Gasteiger partial charge on any atom is 0.0473 e. The number of hydrogen-bond acceptors (Lipinski definition) is 1. The maximum absolute atomic E-state index is 3.65. The van der Waals surface area contributed by atoms with E-state index in [9.17, 15) is 0 Å². The molecule has 0 aliphatic heterocycles. The van der Waals surface area contributed by atoms with Gasteiger partial charge in [-0.15, -0.1) is 0 Å². The predicted octanol–water partition coefficient (Wildman–Crippen LogP) is 8.82. The van der Waals surface area contributed by atoms with E-state index in [-0.39, 0.29) is 0 Å². The Morgan fingerprint density at radius 2 is 0.833 bits per heavy atom. The first-order valence-electron chi connectivity index (χ1n) is 10.1. The number of benzene rings is 6. The van der Waals surface area contributed by atoms with E-state index in [1.807, 2.05) is 0 Å². The minimum Gasteiger partial charge on any atom is -0.310 e. The quantitative estimate of drug-likeness (QED) is 0.245. The molecule has 0 aliphatic rings. The molecule has 1 nitrogen and oxygen atoms in total. The van der Waals surface area contributed by atoms with E-state index in [0.29, 0.717) is 0 Å². The SMILES string of the molecule is Brc1cc2ccc3cc(N(c4ccccc4)c4ccccc4)cc4ccc(c1)c2c34. The molecule has 0 atom stereocenters. The third kappa shape index (κ3) is 2.76. The molecule has 6 aromatic carbocycles. The maximum atomic E-state index is 3.65. The van der Waals surface area contributed by atoms with Gasteiger partial charge in [0.1, 0.15) is 0 Å². The van der Waals surface area contributed by atoms with Crippen molar-refractivity contribution in [3.63, 3.8) is 0 Å². The Labute approximate surface area is 183 Å². The van der Waals surface area contributed by atoms with E-state index < -0.39 is 0 Å². The van der Waals surface area contributed by atoms with Gasteiger partial charge in [-0.1, -0.05) is 76.6 Å². The van der Waals surface area contributed by atoms with Crippen LogP contribution in [0.15, 0.2) is 114 Å². The number of halogens is 1. The normalized spacial score (nSPS) is 11.5. The van der Waals surface area contributed by atoms with Crippen molar-refractivity contribution >= 4 is 65.3 Å². The zero-order chi connectivity index (χ0) is 20.1. The van der Waals surface area contributed by atoms with E-state index in [1.165, 1.54) is 38.0 Å². The van der Waals surface area contributed by atoms with Gasteiger partial charge < -0.3 is 4.90 Å². The monoisotopic (exact) mass is 447 g/mol. The number of hydrogen-bond donors (Lipinski definition) is 0. The fourth-order valence-electron chi connectivity index (χ4n) is 4.51. The summed E-state index contributed by atoms with van der Waals surface area (Å²) in [7, 11) is 0. The molecule has 30 heavy (non-hydrogen) atoms. The lowest BCUT2D eigenvalue weighted by Gasteiger charge is -2.26. The summed E-state index contributed by atoms with van der Waals surface area (Å²) < 4.78 is 1.12. The molecular weight excluding hydrogens is 430 g/mol. The molecule has 0 heterocycles. The molecule has 0 saturated carbocycles. The van der Waals surface area contributed by atoms with Crippen LogP contribution in [-0.4, -0.2) is 0 Å². The van der Waals surface area contributed by atoms with Gasteiger partial charge >= 0.3 is 0 Å². The molecule has 6 aromatic rings. The first-order valence-corrected chi connectivity index (χ1v) is 10.9.